The van der Waals surface area contributed by atoms with E-state index < -0.39 is 52.3 Å². The highest BCUT2D eigenvalue weighted by atomic mass is 32.2. The molecule has 2 N–H and O–H groups in total. The van der Waals surface area contributed by atoms with Gasteiger partial charge in [0.15, 0.2) is 16.4 Å². The van der Waals surface area contributed by atoms with Crippen LogP contribution in [0.25, 0.3) is 0 Å². The minimum atomic E-state index is -1.38. The molecule has 2 aromatic rings. The van der Waals surface area contributed by atoms with Gasteiger partial charge in [0.05, 0.1) is 11.8 Å². The van der Waals surface area contributed by atoms with E-state index >= 15 is 0 Å². The highest BCUT2D eigenvalue weighted by Crippen LogP contribution is 2.36. The molecule has 0 radical (unpaired) electrons. The number of nitrogens with zero attached hydrogens (tertiary/aromatic N) is 1. The molecule has 10 nitrogen and oxygen atoms in total. The van der Waals surface area contributed by atoms with Gasteiger partial charge in [-0.2, -0.15) is 5.06 Å². The van der Waals surface area contributed by atoms with Crippen LogP contribution < -0.4 is 5.32 Å². The largest absolute Gasteiger partial charge is 0.512 e. The Morgan fingerprint density at radius 3 is 2.45 bits per heavy atom. The smallest absolute Gasteiger partial charge is 0.359 e. The summed E-state index contributed by atoms with van der Waals surface area (Å²) >= 11 is 0.673. The van der Waals surface area contributed by atoms with Crippen molar-refractivity contribution in [2.24, 2.45) is 0 Å². The number of nitrogens with one attached hydrogen (secondary N) is 1. The Bertz CT molecular complexity index is 1290. The monoisotopic (exact) mass is 538 g/mol. The van der Waals surface area contributed by atoms with Gasteiger partial charge >= 0.3 is 11.9 Å². The van der Waals surface area contributed by atoms with Crippen LogP contribution in [0.1, 0.15) is 49.0 Å². The molecule has 38 heavy (non-hydrogen) atoms. The van der Waals surface area contributed by atoms with Gasteiger partial charge in [-0.3, -0.25) is 19.2 Å². The lowest BCUT2D eigenvalue weighted by Crippen LogP contribution is -2.70. The number of aliphatic hydroxyl groups is 1. The van der Waals surface area contributed by atoms with Gasteiger partial charge in [0, 0.05) is 6.92 Å². The number of esters is 1. The first-order valence-corrected chi connectivity index (χ1v) is 12.8. The Hall–Kier alpha value is -4.12. The second-order valence-electron chi connectivity index (χ2n) is 8.85. The summed E-state index contributed by atoms with van der Waals surface area (Å²) in [7, 11) is 0. The third kappa shape index (κ3) is 5.88. The Balaban J connectivity index is 1.52. The van der Waals surface area contributed by atoms with Gasteiger partial charge in [0.2, 0.25) is 5.91 Å². The number of carbonyl (C=O) groups is 5. The second kappa shape index (κ2) is 11.5. The van der Waals surface area contributed by atoms with E-state index in [0.717, 1.165) is 23.6 Å². The lowest BCUT2D eigenvalue weighted by Gasteiger charge is -2.43. The standard InChI is InChI=1S/C27H26N2O8S/c1-15(30)14-21(32)37-29-25(34)23(26(29)38-16(2)31)28-24(33)22(18-9-4-3-5-10-18)27(35)36-20-13-12-17-8-6-7-11-19(17)20/h3-11,14,20,22-23,26,30H,12-13H2,1-2H3,(H,28,33). The molecule has 0 bridgehead atoms. The molecule has 0 saturated carbocycles. The van der Waals surface area contributed by atoms with Gasteiger partial charge in [-0.1, -0.05) is 66.4 Å². The fourth-order valence-corrected chi connectivity index (χ4v) is 5.28. The van der Waals surface area contributed by atoms with Gasteiger partial charge in [-0.15, -0.1) is 0 Å². The quantitative estimate of drug-likeness (QED) is 0.171. The molecular weight excluding hydrogens is 512 g/mol. The summed E-state index contributed by atoms with van der Waals surface area (Å²) < 4.78 is 5.78. The first-order chi connectivity index (χ1) is 18.2. The maximum absolute atomic E-state index is 13.4. The predicted octanol–water partition coefficient (Wildman–Crippen LogP) is 2.85. The number of allylic oxidation sites excluding steroid dienone is 1. The van der Waals surface area contributed by atoms with Crippen LogP contribution in [0.4, 0.5) is 0 Å². The Labute approximate surface area is 222 Å². The predicted molar refractivity (Wildman–Crippen MR) is 136 cm³/mol. The number of amides is 2. The Morgan fingerprint density at radius 2 is 1.76 bits per heavy atom. The molecule has 11 heteroatoms. The first-order valence-electron chi connectivity index (χ1n) is 11.9. The van der Waals surface area contributed by atoms with Crippen molar-refractivity contribution in [1.29, 1.82) is 0 Å². The Morgan fingerprint density at radius 1 is 1.08 bits per heavy atom. The Kier molecular flexibility index (Phi) is 8.16. The molecule has 2 amide bonds. The molecule has 1 saturated heterocycles. The summed E-state index contributed by atoms with van der Waals surface area (Å²) in [5.41, 5.74) is 2.34. The van der Waals surface area contributed by atoms with E-state index in [2.05, 4.69) is 5.32 Å². The van der Waals surface area contributed by atoms with Crippen LogP contribution in [0.15, 0.2) is 66.4 Å². The maximum atomic E-state index is 13.4. The van der Waals surface area contributed by atoms with Crippen LogP contribution in [0.2, 0.25) is 0 Å². The molecular formula is C27H26N2O8S. The van der Waals surface area contributed by atoms with Crippen LogP contribution in [0, 0.1) is 0 Å². The zero-order valence-electron chi connectivity index (χ0n) is 20.7. The highest BCUT2D eigenvalue weighted by molar-refractivity contribution is 8.14. The van der Waals surface area contributed by atoms with Crippen LogP contribution in [0.5, 0.6) is 0 Å². The zero-order chi connectivity index (χ0) is 27.4. The molecule has 1 heterocycles. The summed E-state index contributed by atoms with van der Waals surface area (Å²) in [6, 6.07) is 14.7. The number of hydroxylamine groups is 2. The van der Waals surface area contributed by atoms with Crippen molar-refractivity contribution in [3.8, 4) is 0 Å². The molecule has 4 unspecified atom stereocenters. The van der Waals surface area contributed by atoms with Crippen LogP contribution in [0.3, 0.4) is 0 Å². The van der Waals surface area contributed by atoms with Gasteiger partial charge < -0.3 is 20.0 Å². The molecule has 1 aliphatic carbocycles. The van der Waals surface area contributed by atoms with E-state index in [-0.39, 0.29) is 5.76 Å². The van der Waals surface area contributed by atoms with Crippen molar-refractivity contribution in [3.05, 3.63) is 83.1 Å². The summed E-state index contributed by atoms with van der Waals surface area (Å²) in [6.07, 6.45) is 1.60. The number of rotatable bonds is 8. The van der Waals surface area contributed by atoms with Gasteiger partial charge in [0.25, 0.3) is 5.91 Å². The molecule has 4 rings (SSSR count). The minimum Gasteiger partial charge on any atom is -0.512 e. The highest BCUT2D eigenvalue weighted by Gasteiger charge is 2.53. The molecule has 1 aliphatic heterocycles. The number of hydrogen-bond donors (Lipinski definition) is 2. The summed E-state index contributed by atoms with van der Waals surface area (Å²) in [5, 5.41) is 11.0. The SMILES string of the molecule is CC(=O)SC1C(NC(=O)C(C(=O)OC2CCc3ccccc32)c2ccccc2)C(=O)N1OC(=O)C=C(C)O. The number of β-lactam (4-membered cyclic amide) rings is 1. The minimum absolute atomic E-state index is 0.335. The van der Waals surface area contributed by atoms with E-state index in [0.29, 0.717) is 28.8 Å². The number of ether oxygens (including phenoxy) is 1. The number of fused-ring (bicyclic) bond motifs is 1. The number of aliphatic hydroxyl groups excluding tert-OH is 1. The number of thioether (sulfide) groups is 1. The second-order valence-corrected chi connectivity index (χ2v) is 10.1. The zero-order valence-corrected chi connectivity index (χ0v) is 21.5. The number of benzene rings is 2. The van der Waals surface area contributed by atoms with E-state index in [1.807, 2.05) is 24.3 Å². The van der Waals surface area contributed by atoms with E-state index in [4.69, 9.17) is 9.57 Å². The first kappa shape index (κ1) is 26.9. The van der Waals surface area contributed by atoms with Crippen molar-refractivity contribution in [3.63, 3.8) is 0 Å². The normalized spacial score (nSPS) is 21.1. The molecule has 2 aromatic carbocycles. The molecule has 4 atom stereocenters. The average molecular weight is 539 g/mol. The van der Waals surface area contributed by atoms with Crippen molar-refractivity contribution in [2.45, 2.75) is 50.1 Å². The number of carbonyl (C=O) groups excluding carboxylic acids is 5. The van der Waals surface area contributed by atoms with E-state index in [1.165, 1.54) is 13.8 Å². The third-order valence-corrected chi connectivity index (χ3v) is 7.10. The number of hydrogen-bond acceptors (Lipinski definition) is 9. The average Bonchev–Trinajstić information content (AvgIpc) is 3.28. The molecule has 0 aromatic heterocycles. The van der Waals surface area contributed by atoms with Gasteiger partial charge in [-0.25, -0.2) is 4.79 Å². The van der Waals surface area contributed by atoms with Crippen LogP contribution >= 0.6 is 11.8 Å². The molecule has 2 aliphatic rings. The summed E-state index contributed by atoms with van der Waals surface area (Å²) in [6.45, 7) is 2.50. The topological polar surface area (TPSA) is 139 Å². The lowest BCUT2D eigenvalue weighted by atomic mass is 9.97. The van der Waals surface area contributed by atoms with Crippen molar-refractivity contribution in [2.75, 3.05) is 0 Å². The number of aryl methyl sites for hydroxylation is 1. The van der Waals surface area contributed by atoms with Crippen molar-refractivity contribution < 1.29 is 38.7 Å². The molecule has 1 fully saturated rings. The fraction of sp³-hybridized carbons (Fsp3) is 0.296. The van der Waals surface area contributed by atoms with Crippen molar-refractivity contribution in [1.82, 2.24) is 10.4 Å². The van der Waals surface area contributed by atoms with Gasteiger partial charge in [0.1, 0.15) is 12.1 Å². The van der Waals surface area contributed by atoms with Crippen molar-refractivity contribution >= 4 is 40.6 Å². The summed E-state index contributed by atoms with van der Waals surface area (Å²) in [5.74, 6) is -5.10. The van der Waals surface area contributed by atoms with Crippen LogP contribution in [-0.2, 0) is 40.0 Å². The van der Waals surface area contributed by atoms with Gasteiger partial charge in [-0.05, 0) is 36.5 Å². The lowest BCUT2D eigenvalue weighted by molar-refractivity contribution is -0.217. The van der Waals surface area contributed by atoms with E-state index in [9.17, 15) is 29.1 Å². The third-order valence-electron chi connectivity index (χ3n) is 6.07. The van der Waals surface area contributed by atoms with Crippen LogP contribution in [-0.4, -0.2) is 50.5 Å². The molecule has 0 spiro atoms. The summed E-state index contributed by atoms with van der Waals surface area (Å²) in [4.78, 5) is 68.2. The maximum Gasteiger partial charge on any atom is 0.359 e. The molecule has 198 valence electrons. The van der Waals surface area contributed by atoms with E-state index in [1.54, 1.807) is 30.3 Å². The fourth-order valence-electron chi connectivity index (χ4n) is 4.37.